The molecule has 1 aromatic carbocycles. The van der Waals surface area contributed by atoms with Gasteiger partial charge in [0.2, 0.25) is 17.7 Å². The molecule has 5 N–H and O–H groups in total. The highest BCUT2D eigenvalue weighted by Crippen LogP contribution is 2.33. The molecule has 5 atom stereocenters. The number of hydrogen-bond donors (Lipinski definition) is 5. The van der Waals surface area contributed by atoms with Crippen molar-refractivity contribution in [1.82, 2.24) is 26.6 Å². The maximum Gasteiger partial charge on any atom is 0.315 e. The molecule has 0 unspecified atom stereocenters. The Morgan fingerprint density at radius 2 is 1.77 bits per heavy atom. The smallest absolute Gasteiger partial charge is 0.315 e. The summed E-state index contributed by atoms with van der Waals surface area (Å²) in [6.45, 7) is 4.62. The summed E-state index contributed by atoms with van der Waals surface area (Å²) in [6.07, 6.45) is 8.24. The summed E-state index contributed by atoms with van der Waals surface area (Å²) < 4.78 is 0. The van der Waals surface area contributed by atoms with E-state index in [1.807, 2.05) is 42.1 Å². The van der Waals surface area contributed by atoms with Crippen molar-refractivity contribution in [3.8, 4) is 0 Å². The Kier molecular flexibility index (Phi) is 14.8. The standard InChI is InChI=1S/C32H49N5O5S/c1-3-22(4-2)19-29(40)35-25(18-23-12-6-5-7-13-23)31(41)34-24(20-38)14-10-11-17-33-28(39)16-9-8-15-27-30-26(21-43-27)36-32(42)37-30/h5-7,12-13,20,22,24-27,30H,3-4,8-11,14-19,21H2,1-2H3,(H,33,39)(H,34,41)(H,35,40)(H2,36,37,42)/t24-,25-,26-,27-,30-/m0/s1. The maximum absolute atomic E-state index is 13.2. The van der Waals surface area contributed by atoms with E-state index in [0.717, 1.165) is 49.7 Å². The van der Waals surface area contributed by atoms with Gasteiger partial charge in [-0.05, 0) is 43.6 Å². The minimum atomic E-state index is -0.770. The summed E-state index contributed by atoms with van der Waals surface area (Å²) in [4.78, 5) is 61.4. The summed E-state index contributed by atoms with van der Waals surface area (Å²) in [5.74, 6) is 0.690. The van der Waals surface area contributed by atoms with Gasteiger partial charge in [-0.15, -0.1) is 0 Å². The normalized spacial score (nSPS) is 20.4. The lowest BCUT2D eigenvalue weighted by atomic mass is 9.98. The third-order valence-electron chi connectivity index (χ3n) is 8.40. The highest BCUT2D eigenvalue weighted by Gasteiger charge is 2.42. The van der Waals surface area contributed by atoms with Gasteiger partial charge in [0.1, 0.15) is 12.3 Å². The molecule has 0 radical (unpaired) electrons. The van der Waals surface area contributed by atoms with Gasteiger partial charge in [0, 0.05) is 36.8 Å². The molecular weight excluding hydrogens is 566 g/mol. The number of rotatable bonds is 20. The Labute approximate surface area is 260 Å². The van der Waals surface area contributed by atoms with Crippen LogP contribution in [0.5, 0.6) is 0 Å². The number of benzene rings is 1. The van der Waals surface area contributed by atoms with E-state index in [2.05, 4.69) is 40.4 Å². The molecule has 2 saturated heterocycles. The van der Waals surface area contributed by atoms with Crippen LogP contribution < -0.4 is 26.6 Å². The van der Waals surface area contributed by atoms with Crippen LogP contribution in [0.25, 0.3) is 0 Å². The van der Waals surface area contributed by atoms with E-state index >= 15 is 0 Å². The van der Waals surface area contributed by atoms with Crippen molar-refractivity contribution in [2.45, 2.75) is 114 Å². The monoisotopic (exact) mass is 615 g/mol. The summed E-state index contributed by atoms with van der Waals surface area (Å²) in [6, 6.07) is 8.41. The molecule has 5 amide bonds. The Morgan fingerprint density at radius 3 is 2.49 bits per heavy atom. The minimum absolute atomic E-state index is 0.0147. The van der Waals surface area contributed by atoms with Gasteiger partial charge < -0.3 is 31.4 Å². The van der Waals surface area contributed by atoms with Crippen LogP contribution in [0.1, 0.15) is 83.6 Å². The van der Waals surface area contributed by atoms with Gasteiger partial charge in [0.25, 0.3) is 0 Å². The number of nitrogens with one attached hydrogen (secondary N) is 5. The van der Waals surface area contributed by atoms with Crippen LogP contribution in [0.2, 0.25) is 0 Å². The maximum atomic E-state index is 13.2. The number of hydrogen-bond acceptors (Lipinski definition) is 6. The second kappa shape index (κ2) is 18.6. The number of carbonyl (C=O) groups is 5. The first-order valence-corrected chi connectivity index (χ1v) is 16.9. The molecule has 0 aromatic heterocycles. The molecule has 3 rings (SSSR count). The molecule has 43 heavy (non-hydrogen) atoms. The molecule has 0 spiro atoms. The van der Waals surface area contributed by atoms with Crippen LogP contribution in [0, 0.1) is 5.92 Å². The topological polar surface area (TPSA) is 146 Å². The first-order valence-electron chi connectivity index (χ1n) is 15.9. The van der Waals surface area contributed by atoms with Crippen LogP contribution in [-0.4, -0.2) is 71.8 Å². The fourth-order valence-electron chi connectivity index (χ4n) is 5.69. The number of unbranched alkanes of at least 4 members (excludes halogenated alkanes) is 2. The predicted molar refractivity (Wildman–Crippen MR) is 170 cm³/mol. The molecular formula is C32H49N5O5S. The van der Waals surface area contributed by atoms with Crippen molar-refractivity contribution in [2.75, 3.05) is 12.3 Å². The molecule has 10 nitrogen and oxygen atoms in total. The van der Waals surface area contributed by atoms with Crippen molar-refractivity contribution < 1.29 is 24.0 Å². The van der Waals surface area contributed by atoms with Crippen molar-refractivity contribution in [3.05, 3.63) is 35.9 Å². The van der Waals surface area contributed by atoms with Gasteiger partial charge >= 0.3 is 6.03 Å². The Balaban J connectivity index is 1.33. The van der Waals surface area contributed by atoms with E-state index in [0.29, 0.717) is 50.3 Å². The quantitative estimate of drug-likeness (QED) is 0.0865. The van der Waals surface area contributed by atoms with Gasteiger partial charge in [-0.2, -0.15) is 11.8 Å². The zero-order chi connectivity index (χ0) is 31.0. The van der Waals surface area contributed by atoms with Crippen LogP contribution in [-0.2, 0) is 25.6 Å². The van der Waals surface area contributed by atoms with E-state index in [1.54, 1.807) is 0 Å². The number of amides is 5. The highest BCUT2D eigenvalue weighted by molar-refractivity contribution is 8.00. The molecule has 2 aliphatic heterocycles. The van der Waals surface area contributed by atoms with Gasteiger partial charge in [0.15, 0.2) is 0 Å². The summed E-state index contributed by atoms with van der Waals surface area (Å²) in [5.41, 5.74) is 0.926. The first kappa shape index (κ1) is 34.4. The number of aldehydes is 1. The van der Waals surface area contributed by atoms with Gasteiger partial charge in [-0.25, -0.2) is 4.79 Å². The molecule has 2 fully saturated rings. The zero-order valence-electron chi connectivity index (χ0n) is 25.6. The van der Waals surface area contributed by atoms with Gasteiger partial charge in [0.05, 0.1) is 18.1 Å². The Morgan fingerprint density at radius 1 is 1.00 bits per heavy atom. The minimum Gasteiger partial charge on any atom is -0.356 e. The lowest BCUT2D eigenvalue weighted by Gasteiger charge is -2.22. The molecule has 11 heteroatoms. The molecule has 2 heterocycles. The van der Waals surface area contributed by atoms with E-state index in [4.69, 9.17) is 0 Å². The SMILES string of the molecule is CCC(CC)CC(=O)N[C@@H](Cc1ccccc1)C(=O)N[C@H](C=O)CCCCNC(=O)CCCC[C@@H]1SC[C@@H]2NC(=O)N[C@@H]21. The fourth-order valence-corrected chi connectivity index (χ4v) is 7.23. The lowest BCUT2D eigenvalue weighted by Crippen LogP contribution is -2.51. The summed E-state index contributed by atoms with van der Waals surface area (Å²) in [5, 5.41) is 15.0. The predicted octanol–water partition coefficient (Wildman–Crippen LogP) is 3.24. The van der Waals surface area contributed by atoms with Gasteiger partial charge in [-0.1, -0.05) is 63.4 Å². The van der Waals surface area contributed by atoms with E-state index in [1.165, 1.54) is 0 Å². The summed E-state index contributed by atoms with van der Waals surface area (Å²) >= 11 is 1.88. The lowest BCUT2D eigenvalue weighted by molar-refractivity contribution is -0.130. The molecule has 0 saturated carbocycles. The fraction of sp³-hybridized carbons (Fsp3) is 0.656. The second-order valence-electron chi connectivity index (χ2n) is 11.7. The third-order valence-corrected chi connectivity index (χ3v) is 9.91. The molecule has 238 valence electrons. The van der Waals surface area contributed by atoms with Crippen LogP contribution in [0.3, 0.4) is 0 Å². The molecule has 2 aliphatic rings. The third kappa shape index (κ3) is 11.8. The number of fused-ring (bicyclic) bond motifs is 1. The largest absolute Gasteiger partial charge is 0.356 e. The van der Waals surface area contributed by atoms with Crippen molar-refractivity contribution >= 4 is 41.8 Å². The second-order valence-corrected chi connectivity index (χ2v) is 12.9. The van der Waals surface area contributed by atoms with Gasteiger partial charge in [-0.3, -0.25) is 14.4 Å². The first-order chi connectivity index (χ1) is 20.8. The number of carbonyl (C=O) groups excluding carboxylic acids is 5. The van der Waals surface area contributed by atoms with Crippen molar-refractivity contribution in [3.63, 3.8) is 0 Å². The van der Waals surface area contributed by atoms with Crippen molar-refractivity contribution in [1.29, 1.82) is 0 Å². The highest BCUT2D eigenvalue weighted by atomic mass is 32.2. The van der Waals surface area contributed by atoms with E-state index in [9.17, 15) is 24.0 Å². The molecule has 0 aliphatic carbocycles. The Hall–Kier alpha value is -3.08. The number of urea groups is 1. The average Bonchev–Trinajstić information content (AvgIpc) is 3.56. The van der Waals surface area contributed by atoms with Crippen molar-refractivity contribution in [2.24, 2.45) is 5.92 Å². The Bertz CT molecular complexity index is 1050. The number of thioether (sulfide) groups is 1. The molecule has 0 bridgehead atoms. The van der Waals surface area contributed by atoms with Crippen LogP contribution in [0.4, 0.5) is 4.79 Å². The van der Waals surface area contributed by atoms with Crippen LogP contribution in [0.15, 0.2) is 30.3 Å². The van der Waals surface area contributed by atoms with E-state index in [-0.39, 0.29) is 41.8 Å². The summed E-state index contributed by atoms with van der Waals surface area (Å²) in [7, 11) is 0. The molecule has 1 aromatic rings. The average molecular weight is 616 g/mol. The zero-order valence-corrected chi connectivity index (χ0v) is 26.4. The van der Waals surface area contributed by atoms with Crippen LogP contribution >= 0.6 is 11.8 Å². The van der Waals surface area contributed by atoms with E-state index < -0.39 is 12.1 Å².